The fourth-order valence-electron chi connectivity index (χ4n) is 3.91. The molecular formula is C19H31N3O2. The number of hydrogen-bond acceptors (Lipinski definition) is 5. The first-order chi connectivity index (χ1) is 11.7. The Balaban J connectivity index is 1.66. The molecule has 2 heterocycles. The summed E-state index contributed by atoms with van der Waals surface area (Å²) in [7, 11) is 2.18. The number of β-amino-alcohol motifs (C(OH)–C–C–N with tert-alkyl or cyclic N) is 1. The van der Waals surface area contributed by atoms with Gasteiger partial charge in [-0.1, -0.05) is 25.1 Å². The second kappa shape index (κ2) is 8.30. The van der Waals surface area contributed by atoms with Gasteiger partial charge in [0.05, 0.1) is 19.3 Å². The number of ether oxygens (including phenoxy) is 1. The van der Waals surface area contributed by atoms with Crippen LogP contribution in [0, 0.1) is 0 Å². The predicted octanol–water partition coefficient (Wildman–Crippen LogP) is 1.41. The molecule has 0 bridgehead atoms. The zero-order valence-electron chi connectivity index (χ0n) is 15.0. The van der Waals surface area contributed by atoms with Gasteiger partial charge in [0.25, 0.3) is 0 Å². The van der Waals surface area contributed by atoms with Crippen LogP contribution in [0.3, 0.4) is 0 Å². The lowest BCUT2D eigenvalue weighted by Gasteiger charge is -2.34. The van der Waals surface area contributed by atoms with E-state index in [-0.39, 0.29) is 6.10 Å². The number of anilines is 1. The molecule has 0 radical (unpaired) electrons. The second-order valence-corrected chi connectivity index (χ2v) is 7.07. The maximum absolute atomic E-state index is 10.6. The Labute approximate surface area is 145 Å². The van der Waals surface area contributed by atoms with Crippen molar-refractivity contribution < 1.29 is 9.84 Å². The van der Waals surface area contributed by atoms with Gasteiger partial charge in [0, 0.05) is 58.0 Å². The van der Waals surface area contributed by atoms with E-state index in [1.165, 1.54) is 11.3 Å². The minimum absolute atomic E-state index is 0.312. The van der Waals surface area contributed by atoms with Crippen molar-refractivity contribution in [2.45, 2.75) is 32.0 Å². The Morgan fingerprint density at radius 3 is 2.71 bits per heavy atom. The number of aliphatic hydroxyl groups excluding tert-OH is 1. The number of aliphatic hydroxyl groups is 1. The molecule has 0 aromatic heterocycles. The van der Waals surface area contributed by atoms with Crippen molar-refractivity contribution in [1.82, 2.24) is 9.80 Å². The highest BCUT2D eigenvalue weighted by Crippen LogP contribution is 2.27. The Morgan fingerprint density at radius 2 is 1.96 bits per heavy atom. The van der Waals surface area contributed by atoms with E-state index < -0.39 is 0 Å². The van der Waals surface area contributed by atoms with E-state index >= 15 is 0 Å². The molecule has 5 heteroatoms. The first kappa shape index (κ1) is 17.7. The van der Waals surface area contributed by atoms with Crippen molar-refractivity contribution in [2.75, 3.05) is 57.9 Å². The van der Waals surface area contributed by atoms with Crippen LogP contribution in [0.4, 0.5) is 5.69 Å². The van der Waals surface area contributed by atoms with Crippen molar-refractivity contribution in [2.24, 2.45) is 0 Å². The minimum Gasteiger partial charge on any atom is -0.390 e. The van der Waals surface area contributed by atoms with Crippen LogP contribution in [0.25, 0.3) is 0 Å². The van der Waals surface area contributed by atoms with E-state index in [0.29, 0.717) is 6.04 Å². The summed E-state index contributed by atoms with van der Waals surface area (Å²) in [6.45, 7) is 9.08. The second-order valence-electron chi connectivity index (χ2n) is 7.07. The molecule has 5 nitrogen and oxygen atoms in total. The van der Waals surface area contributed by atoms with Crippen LogP contribution in [-0.2, 0) is 11.3 Å². The molecule has 1 N–H and O–H groups in total. The Hall–Kier alpha value is -1.14. The zero-order valence-corrected chi connectivity index (χ0v) is 15.0. The Kier molecular flexibility index (Phi) is 6.11. The van der Waals surface area contributed by atoms with Crippen molar-refractivity contribution in [3.8, 4) is 0 Å². The highest BCUT2D eigenvalue weighted by molar-refractivity contribution is 5.54. The monoisotopic (exact) mass is 333 g/mol. The van der Waals surface area contributed by atoms with Gasteiger partial charge in [-0.05, 0) is 18.1 Å². The quantitative estimate of drug-likeness (QED) is 0.882. The molecule has 2 atom stereocenters. The van der Waals surface area contributed by atoms with Crippen LogP contribution in [0.1, 0.15) is 18.9 Å². The molecule has 2 aliphatic heterocycles. The summed E-state index contributed by atoms with van der Waals surface area (Å²) < 4.78 is 5.39. The number of rotatable bonds is 5. The molecule has 3 rings (SSSR count). The van der Waals surface area contributed by atoms with Crippen molar-refractivity contribution >= 4 is 5.69 Å². The van der Waals surface area contributed by atoms with Gasteiger partial charge in [-0.3, -0.25) is 9.80 Å². The molecular weight excluding hydrogens is 302 g/mol. The van der Waals surface area contributed by atoms with E-state index in [0.717, 1.165) is 58.9 Å². The first-order valence-corrected chi connectivity index (χ1v) is 9.18. The average molecular weight is 333 g/mol. The van der Waals surface area contributed by atoms with Gasteiger partial charge in [0.1, 0.15) is 0 Å². The van der Waals surface area contributed by atoms with Gasteiger partial charge >= 0.3 is 0 Å². The third-order valence-electron chi connectivity index (χ3n) is 5.27. The van der Waals surface area contributed by atoms with Crippen LogP contribution < -0.4 is 4.90 Å². The number of morpholine rings is 1. The van der Waals surface area contributed by atoms with Crippen LogP contribution in [0.15, 0.2) is 24.3 Å². The summed E-state index contributed by atoms with van der Waals surface area (Å²) in [6.07, 6.45) is 0.788. The van der Waals surface area contributed by atoms with E-state index in [1.807, 2.05) is 0 Å². The number of para-hydroxylation sites is 1. The van der Waals surface area contributed by atoms with E-state index in [2.05, 4.69) is 52.9 Å². The average Bonchev–Trinajstić information content (AvgIpc) is 2.72. The van der Waals surface area contributed by atoms with Gasteiger partial charge < -0.3 is 14.7 Å². The fraction of sp³-hybridized carbons (Fsp3) is 0.684. The lowest BCUT2D eigenvalue weighted by molar-refractivity contribution is 0.00236. The van der Waals surface area contributed by atoms with E-state index in [4.69, 9.17) is 4.74 Å². The molecule has 1 aromatic carbocycles. The molecule has 1 fully saturated rings. The molecule has 0 spiro atoms. The van der Waals surface area contributed by atoms with Crippen molar-refractivity contribution in [1.29, 1.82) is 0 Å². The van der Waals surface area contributed by atoms with Gasteiger partial charge in [0.15, 0.2) is 0 Å². The smallest absolute Gasteiger partial charge is 0.0794 e. The number of nitrogens with zero attached hydrogens (tertiary/aromatic N) is 3. The SMILES string of the molecule is CC[C@@H]1CN(C)c2ccccc2CN1C[C@@H](O)CN1CCOCC1. The summed E-state index contributed by atoms with van der Waals surface area (Å²) >= 11 is 0. The molecule has 0 amide bonds. The Bertz CT molecular complexity index is 519. The van der Waals surface area contributed by atoms with Crippen LogP contribution >= 0.6 is 0 Å². The summed E-state index contributed by atoms with van der Waals surface area (Å²) in [4.78, 5) is 7.14. The topological polar surface area (TPSA) is 39.2 Å². The third-order valence-corrected chi connectivity index (χ3v) is 5.27. The van der Waals surface area contributed by atoms with Gasteiger partial charge in [0.2, 0.25) is 0 Å². The highest BCUT2D eigenvalue weighted by Gasteiger charge is 2.27. The summed E-state index contributed by atoms with van der Waals surface area (Å²) in [5.74, 6) is 0. The molecule has 0 unspecified atom stereocenters. The summed E-state index contributed by atoms with van der Waals surface area (Å²) in [5, 5.41) is 10.6. The van der Waals surface area contributed by atoms with Gasteiger partial charge in [-0.15, -0.1) is 0 Å². The molecule has 0 saturated carbocycles. The lowest BCUT2D eigenvalue weighted by Crippen LogP contribution is -2.48. The van der Waals surface area contributed by atoms with Crippen LogP contribution in [-0.4, -0.2) is 80.0 Å². The van der Waals surface area contributed by atoms with Crippen LogP contribution in [0.5, 0.6) is 0 Å². The third kappa shape index (κ3) is 4.28. The van der Waals surface area contributed by atoms with Gasteiger partial charge in [-0.2, -0.15) is 0 Å². The zero-order chi connectivity index (χ0) is 16.9. The fourth-order valence-corrected chi connectivity index (χ4v) is 3.91. The highest BCUT2D eigenvalue weighted by atomic mass is 16.5. The molecule has 24 heavy (non-hydrogen) atoms. The van der Waals surface area contributed by atoms with E-state index in [9.17, 15) is 5.11 Å². The number of hydrogen-bond donors (Lipinski definition) is 1. The maximum Gasteiger partial charge on any atom is 0.0794 e. The van der Waals surface area contributed by atoms with Crippen molar-refractivity contribution in [3.63, 3.8) is 0 Å². The summed E-state index contributed by atoms with van der Waals surface area (Å²) in [5.41, 5.74) is 2.68. The predicted molar refractivity (Wildman–Crippen MR) is 97.5 cm³/mol. The van der Waals surface area contributed by atoms with Gasteiger partial charge in [-0.25, -0.2) is 0 Å². The molecule has 0 aliphatic carbocycles. The molecule has 134 valence electrons. The lowest BCUT2D eigenvalue weighted by atomic mass is 10.1. The number of likely N-dealkylation sites (N-methyl/N-ethyl adjacent to an activating group) is 1. The first-order valence-electron chi connectivity index (χ1n) is 9.18. The molecule has 2 aliphatic rings. The number of benzene rings is 1. The molecule has 1 aromatic rings. The molecule has 1 saturated heterocycles. The van der Waals surface area contributed by atoms with Crippen LogP contribution in [0.2, 0.25) is 0 Å². The largest absolute Gasteiger partial charge is 0.390 e. The van der Waals surface area contributed by atoms with E-state index in [1.54, 1.807) is 0 Å². The minimum atomic E-state index is -0.312. The van der Waals surface area contributed by atoms with Crippen molar-refractivity contribution in [3.05, 3.63) is 29.8 Å². The summed E-state index contributed by atoms with van der Waals surface area (Å²) in [6, 6.07) is 9.11. The Morgan fingerprint density at radius 1 is 1.21 bits per heavy atom. The number of fused-ring (bicyclic) bond motifs is 1. The maximum atomic E-state index is 10.6. The normalized spacial score (nSPS) is 24.5. The standard InChI is InChI=1S/C19H31N3O2/c1-3-17-13-20(2)19-7-5-4-6-16(19)12-22(17)15-18(23)14-21-8-10-24-11-9-21/h4-7,17-18,23H,3,8-15H2,1-2H3/t17-,18+/m1/s1.